The summed E-state index contributed by atoms with van der Waals surface area (Å²) in [6, 6.07) is 14.3. The van der Waals surface area contributed by atoms with E-state index in [0.717, 1.165) is 11.3 Å². The number of aromatic nitrogens is 2. The average Bonchev–Trinajstić information content (AvgIpc) is 3.20. The molecule has 34 heavy (non-hydrogen) atoms. The summed E-state index contributed by atoms with van der Waals surface area (Å²) in [7, 11) is 0. The molecule has 5 rings (SSSR count). The summed E-state index contributed by atoms with van der Waals surface area (Å²) >= 11 is 6.43. The molecular weight excluding hydrogens is 459 g/mol. The molecular formula is C24H18ClFN6O2. The molecule has 1 atom stereocenters. The van der Waals surface area contributed by atoms with E-state index in [1.54, 1.807) is 17.0 Å². The van der Waals surface area contributed by atoms with Gasteiger partial charge in [-0.3, -0.25) is 15.0 Å². The molecule has 1 aliphatic rings. The van der Waals surface area contributed by atoms with Crippen LogP contribution >= 0.6 is 11.6 Å². The average molecular weight is 477 g/mol. The number of oxazole rings is 1. The SMILES string of the molecule is CC1=CC(c2ccccc2Cl)N=C(Nc2nc3ccc(F)cc3o2)N1c1cc(C(N)=O)ccn1. The van der Waals surface area contributed by atoms with E-state index < -0.39 is 17.8 Å². The number of hydrogen-bond acceptors (Lipinski definition) is 7. The van der Waals surface area contributed by atoms with Crippen molar-refractivity contribution in [2.45, 2.75) is 13.0 Å². The monoisotopic (exact) mass is 476 g/mol. The second kappa shape index (κ2) is 8.60. The van der Waals surface area contributed by atoms with E-state index in [1.807, 2.05) is 31.2 Å². The Bertz CT molecular complexity index is 1480. The van der Waals surface area contributed by atoms with Gasteiger partial charge in [-0.1, -0.05) is 29.8 Å². The maximum atomic E-state index is 13.6. The fourth-order valence-corrected chi connectivity index (χ4v) is 3.94. The predicted molar refractivity (Wildman–Crippen MR) is 128 cm³/mol. The summed E-state index contributed by atoms with van der Waals surface area (Å²) in [5.41, 5.74) is 8.09. The van der Waals surface area contributed by atoms with Crippen LogP contribution < -0.4 is 16.0 Å². The van der Waals surface area contributed by atoms with E-state index in [4.69, 9.17) is 26.7 Å². The van der Waals surface area contributed by atoms with Crippen LogP contribution in [-0.2, 0) is 0 Å². The van der Waals surface area contributed by atoms with Crippen LogP contribution in [0.25, 0.3) is 11.1 Å². The lowest BCUT2D eigenvalue weighted by Gasteiger charge is -2.31. The number of nitrogens with one attached hydrogen (secondary N) is 1. The molecule has 0 fully saturated rings. The van der Waals surface area contributed by atoms with Crippen LogP contribution in [-0.4, -0.2) is 21.8 Å². The minimum atomic E-state index is -0.580. The third-order valence-electron chi connectivity index (χ3n) is 5.28. The number of aliphatic imine (C=N–C) groups is 1. The lowest BCUT2D eigenvalue weighted by molar-refractivity contribution is 0.1000. The standard InChI is InChI=1S/C24H18ClFN6O2/c1-13-10-19(16-4-2-3-5-17(16)25)29-23(32(13)21-11-14(22(27)33)8-9-28-21)31-24-30-18-7-6-15(26)12-20(18)34-24/h2-12,19H,1H3,(H2,27,33)(H,29,30,31). The second-order valence-corrected chi connectivity index (χ2v) is 7.99. The number of benzene rings is 2. The van der Waals surface area contributed by atoms with E-state index >= 15 is 0 Å². The Labute approximate surface area is 198 Å². The number of halogens is 2. The molecule has 0 radical (unpaired) electrons. The molecule has 3 heterocycles. The van der Waals surface area contributed by atoms with Crippen molar-refractivity contribution >= 4 is 46.4 Å². The number of allylic oxidation sites excluding steroid dienone is 1. The second-order valence-electron chi connectivity index (χ2n) is 7.59. The molecule has 3 N–H and O–H groups in total. The highest BCUT2D eigenvalue weighted by atomic mass is 35.5. The maximum Gasteiger partial charge on any atom is 0.302 e. The number of amides is 1. The van der Waals surface area contributed by atoms with Crippen molar-refractivity contribution in [1.82, 2.24) is 9.97 Å². The van der Waals surface area contributed by atoms with E-state index in [9.17, 15) is 9.18 Å². The number of fused-ring (bicyclic) bond motifs is 1. The van der Waals surface area contributed by atoms with Gasteiger partial charge >= 0.3 is 6.01 Å². The Morgan fingerprint density at radius 2 is 2.03 bits per heavy atom. The minimum absolute atomic E-state index is 0.114. The number of rotatable bonds is 4. The van der Waals surface area contributed by atoms with Gasteiger partial charge in [0.1, 0.15) is 23.2 Å². The molecule has 0 saturated heterocycles. The van der Waals surface area contributed by atoms with Crippen molar-refractivity contribution in [1.29, 1.82) is 0 Å². The summed E-state index contributed by atoms with van der Waals surface area (Å²) in [4.78, 5) is 27.0. The molecule has 0 aliphatic carbocycles. The van der Waals surface area contributed by atoms with Crippen LogP contribution in [0.1, 0.15) is 28.9 Å². The third-order valence-corrected chi connectivity index (χ3v) is 5.62. The lowest BCUT2D eigenvalue weighted by Crippen LogP contribution is -2.38. The summed E-state index contributed by atoms with van der Waals surface area (Å²) in [5.74, 6) is -0.275. The molecule has 0 bridgehead atoms. The molecule has 0 saturated carbocycles. The maximum absolute atomic E-state index is 13.6. The summed E-state index contributed by atoms with van der Waals surface area (Å²) in [5, 5.41) is 3.64. The highest BCUT2D eigenvalue weighted by Crippen LogP contribution is 2.33. The number of hydrogen-bond donors (Lipinski definition) is 2. The van der Waals surface area contributed by atoms with Crippen molar-refractivity contribution in [3.05, 3.63) is 94.5 Å². The Balaban J connectivity index is 1.60. The van der Waals surface area contributed by atoms with Gasteiger partial charge in [-0.15, -0.1) is 0 Å². The Kier molecular flexibility index (Phi) is 5.46. The Morgan fingerprint density at radius 1 is 1.21 bits per heavy atom. The van der Waals surface area contributed by atoms with Crippen molar-refractivity contribution in [3.8, 4) is 0 Å². The van der Waals surface area contributed by atoms with Crippen molar-refractivity contribution in [2.24, 2.45) is 10.7 Å². The predicted octanol–water partition coefficient (Wildman–Crippen LogP) is 5.05. The van der Waals surface area contributed by atoms with Gasteiger partial charge in [0.25, 0.3) is 0 Å². The zero-order valence-corrected chi connectivity index (χ0v) is 18.6. The molecule has 8 nitrogen and oxygen atoms in total. The quantitative estimate of drug-likeness (QED) is 0.426. The highest BCUT2D eigenvalue weighted by molar-refractivity contribution is 6.31. The van der Waals surface area contributed by atoms with Gasteiger partial charge in [-0.05, 0) is 48.9 Å². The summed E-state index contributed by atoms with van der Waals surface area (Å²) in [6.07, 6.45) is 3.41. The molecule has 2 aromatic heterocycles. The van der Waals surface area contributed by atoms with Gasteiger partial charge in [0.2, 0.25) is 11.9 Å². The first-order valence-corrected chi connectivity index (χ1v) is 10.7. The van der Waals surface area contributed by atoms with Gasteiger partial charge in [0.15, 0.2) is 5.58 Å². The largest absolute Gasteiger partial charge is 0.423 e. The first-order chi connectivity index (χ1) is 16.4. The van der Waals surface area contributed by atoms with Crippen LogP contribution in [0.4, 0.5) is 16.2 Å². The first-order valence-electron chi connectivity index (χ1n) is 10.3. The molecule has 170 valence electrons. The van der Waals surface area contributed by atoms with Crippen LogP contribution in [0.2, 0.25) is 5.02 Å². The molecule has 2 aromatic carbocycles. The third kappa shape index (κ3) is 4.08. The topological polar surface area (TPSA) is 110 Å². The first kappa shape index (κ1) is 21.6. The van der Waals surface area contributed by atoms with E-state index in [1.165, 1.54) is 30.5 Å². The summed E-state index contributed by atoms with van der Waals surface area (Å²) in [6.45, 7) is 1.88. The Hall–Kier alpha value is -4.24. The van der Waals surface area contributed by atoms with Crippen LogP contribution in [0.5, 0.6) is 0 Å². The highest BCUT2D eigenvalue weighted by Gasteiger charge is 2.27. The van der Waals surface area contributed by atoms with Gasteiger partial charge in [0.05, 0.1) is 0 Å². The number of guanidine groups is 1. The van der Waals surface area contributed by atoms with Crippen molar-refractivity contribution < 1.29 is 13.6 Å². The molecule has 10 heteroatoms. The van der Waals surface area contributed by atoms with Crippen LogP contribution in [0.15, 0.2) is 82.0 Å². The fourth-order valence-electron chi connectivity index (χ4n) is 3.69. The van der Waals surface area contributed by atoms with Crippen LogP contribution in [0.3, 0.4) is 0 Å². The fraction of sp³-hybridized carbons (Fsp3) is 0.0833. The number of nitrogens with zero attached hydrogens (tertiary/aromatic N) is 4. The number of carbonyl (C=O) groups is 1. The molecule has 1 unspecified atom stereocenters. The normalized spacial score (nSPS) is 15.7. The van der Waals surface area contributed by atoms with Gasteiger partial charge in [0, 0.05) is 28.5 Å². The van der Waals surface area contributed by atoms with Crippen molar-refractivity contribution in [3.63, 3.8) is 0 Å². The van der Waals surface area contributed by atoms with Crippen molar-refractivity contribution in [2.75, 3.05) is 10.2 Å². The van der Waals surface area contributed by atoms with Gasteiger partial charge in [-0.2, -0.15) is 4.98 Å². The number of nitrogens with two attached hydrogens (primary N) is 1. The molecule has 1 aliphatic heterocycles. The lowest BCUT2D eigenvalue weighted by atomic mass is 10.0. The van der Waals surface area contributed by atoms with Gasteiger partial charge in [-0.25, -0.2) is 14.4 Å². The number of anilines is 2. The van der Waals surface area contributed by atoms with Gasteiger partial charge < -0.3 is 10.2 Å². The molecule has 0 spiro atoms. The van der Waals surface area contributed by atoms with Crippen LogP contribution in [0, 0.1) is 5.82 Å². The zero-order chi connectivity index (χ0) is 23.8. The number of pyridine rings is 1. The van der Waals surface area contributed by atoms with E-state index in [-0.39, 0.29) is 11.6 Å². The minimum Gasteiger partial charge on any atom is -0.423 e. The Morgan fingerprint density at radius 3 is 2.82 bits per heavy atom. The number of carbonyl (C=O) groups excluding carboxylic acids is 1. The zero-order valence-electron chi connectivity index (χ0n) is 17.9. The molecule has 4 aromatic rings. The number of primary amides is 1. The molecule has 1 amide bonds. The van der Waals surface area contributed by atoms with E-state index in [0.29, 0.717) is 27.9 Å². The van der Waals surface area contributed by atoms with E-state index in [2.05, 4.69) is 15.3 Å². The smallest absolute Gasteiger partial charge is 0.302 e. The summed E-state index contributed by atoms with van der Waals surface area (Å²) < 4.78 is 19.3.